The van der Waals surface area contributed by atoms with Gasteiger partial charge in [-0.05, 0) is 31.2 Å². The van der Waals surface area contributed by atoms with Crippen LogP contribution in [-0.2, 0) is 4.79 Å². The van der Waals surface area contributed by atoms with Gasteiger partial charge in [-0.3, -0.25) is 4.79 Å². The highest BCUT2D eigenvalue weighted by molar-refractivity contribution is 9.09. The van der Waals surface area contributed by atoms with E-state index >= 15 is 0 Å². The Kier molecular flexibility index (Phi) is 6.80. The third-order valence-electron chi connectivity index (χ3n) is 3.50. The lowest BCUT2D eigenvalue weighted by atomic mass is 10.3. The van der Waals surface area contributed by atoms with Gasteiger partial charge in [0.2, 0.25) is 0 Å². The molecule has 6 heteroatoms. The minimum absolute atomic E-state index is 0.0377. The van der Waals surface area contributed by atoms with Crippen molar-refractivity contribution in [2.75, 3.05) is 44.7 Å². The van der Waals surface area contributed by atoms with E-state index in [9.17, 15) is 4.79 Å². The van der Waals surface area contributed by atoms with Crippen LogP contribution in [0.1, 0.15) is 6.42 Å². The molecule has 0 saturated carbocycles. The van der Waals surface area contributed by atoms with Crippen molar-refractivity contribution in [2.45, 2.75) is 6.42 Å². The van der Waals surface area contributed by atoms with Crippen molar-refractivity contribution in [3.63, 3.8) is 0 Å². The van der Waals surface area contributed by atoms with Crippen LogP contribution in [0.15, 0.2) is 24.3 Å². The Morgan fingerprint density at radius 3 is 2.90 bits per heavy atom. The fourth-order valence-corrected chi connectivity index (χ4v) is 3.04. The number of amides is 1. The Bertz CT molecular complexity index is 473. The Labute approximate surface area is 139 Å². The molecule has 21 heavy (non-hydrogen) atoms. The highest BCUT2D eigenvalue weighted by atomic mass is 79.9. The third-order valence-corrected chi connectivity index (χ3v) is 4.09. The normalized spacial score (nSPS) is 16.6. The van der Waals surface area contributed by atoms with Crippen LogP contribution in [0.5, 0.6) is 5.75 Å². The summed E-state index contributed by atoms with van der Waals surface area (Å²) < 4.78 is 5.52. The first-order valence-corrected chi connectivity index (χ1v) is 8.63. The number of halogens is 2. The zero-order chi connectivity index (χ0) is 15.1. The molecule has 0 bridgehead atoms. The van der Waals surface area contributed by atoms with Gasteiger partial charge in [-0.25, -0.2) is 0 Å². The summed E-state index contributed by atoms with van der Waals surface area (Å²) >= 11 is 9.35. The molecule has 0 aromatic heterocycles. The minimum atomic E-state index is 0.0377. The van der Waals surface area contributed by atoms with E-state index in [1.165, 1.54) is 0 Å². The molecule has 1 aliphatic heterocycles. The molecule has 1 amide bonds. The Morgan fingerprint density at radius 2 is 2.14 bits per heavy atom. The molecule has 1 heterocycles. The van der Waals surface area contributed by atoms with Crippen LogP contribution in [-0.4, -0.2) is 60.4 Å². The molecule has 4 nitrogen and oxygen atoms in total. The Hall–Kier alpha value is -0.780. The molecule has 1 aromatic carbocycles. The zero-order valence-corrected chi connectivity index (χ0v) is 14.3. The summed E-state index contributed by atoms with van der Waals surface area (Å²) in [6.07, 6.45) is 1.01. The standard InChI is InChI=1S/C15H20BrClN2O2/c16-5-8-18-6-2-7-19(10-9-18)15(20)12-21-14-4-1-3-13(17)11-14/h1,3-4,11H,2,5-10,12H2. The number of hydrogen-bond acceptors (Lipinski definition) is 3. The van der Waals surface area contributed by atoms with Crippen molar-refractivity contribution >= 4 is 33.4 Å². The number of rotatable bonds is 5. The summed E-state index contributed by atoms with van der Waals surface area (Å²) in [6.45, 7) is 4.64. The van der Waals surface area contributed by atoms with Gasteiger partial charge in [-0.2, -0.15) is 0 Å². The predicted octanol–water partition coefficient (Wildman–Crippen LogP) is 2.65. The second-order valence-corrected chi connectivity index (χ2v) is 6.24. The topological polar surface area (TPSA) is 32.8 Å². The van der Waals surface area contributed by atoms with Gasteiger partial charge in [0, 0.05) is 36.5 Å². The molecule has 2 rings (SSSR count). The van der Waals surface area contributed by atoms with E-state index in [1.807, 2.05) is 11.0 Å². The number of alkyl halides is 1. The lowest BCUT2D eigenvalue weighted by molar-refractivity contribution is -0.133. The molecule has 1 aromatic rings. The molecule has 0 unspecified atom stereocenters. The van der Waals surface area contributed by atoms with Crippen LogP contribution < -0.4 is 4.74 Å². The molecule has 0 aliphatic carbocycles. The SMILES string of the molecule is O=C(COc1cccc(Cl)c1)N1CCCN(CCBr)CC1. The van der Waals surface area contributed by atoms with E-state index < -0.39 is 0 Å². The highest BCUT2D eigenvalue weighted by Gasteiger charge is 2.19. The number of nitrogens with zero attached hydrogens (tertiary/aromatic N) is 2. The quantitative estimate of drug-likeness (QED) is 0.742. The molecule has 0 atom stereocenters. The smallest absolute Gasteiger partial charge is 0.260 e. The molecule has 1 fully saturated rings. The van der Waals surface area contributed by atoms with Gasteiger partial charge in [0.15, 0.2) is 6.61 Å². The monoisotopic (exact) mass is 374 g/mol. The van der Waals surface area contributed by atoms with Gasteiger partial charge >= 0.3 is 0 Å². The van der Waals surface area contributed by atoms with Crippen LogP contribution in [0.25, 0.3) is 0 Å². The van der Waals surface area contributed by atoms with Gasteiger partial charge in [-0.15, -0.1) is 0 Å². The molecule has 1 aliphatic rings. The van der Waals surface area contributed by atoms with E-state index in [2.05, 4.69) is 20.8 Å². The number of carbonyl (C=O) groups excluding carboxylic acids is 1. The van der Waals surface area contributed by atoms with E-state index in [1.54, 1.807) is 18.2 Å². The van der Waals surface area contributed by atoms with Crippen molar-refractivity contribution in [2.24, 2.45) is 0 Å². The summed E-state index contributed by atoms with van der Waals surface area (Å²) in [5, 5.41) is 1.58. The van der Waals surface area contributed by atoms with E-state index in [0.29, 0.717) is 10.8 Å². The van der Waals surface area contributed by atoms with Crippen LogP contribution >= 0.6 is 27.5 Å². The van der Waals surface area contributed by atoms with Crippen LogP contribution in [0.4, 0.5) is 0 Å². The van der Waals surface area contributed by atoms with Gasteiger partial charge in [-0.1, -0.05) is 33.6 Å². The maximum atomic E-state index is 12.2. The number of hydrogen-bond donors (Lipinski definition) is 0. The van der Waals surface area contributed by atoms with Crippen molar-refractivity contribution in [3.05, 3.63) is 29.3 Å². The summed E-state index contributed by atoms with van der Waals surface area (Å²) in [5.74, 6) is 0.669. The average Bonchev–Trinajstić information content (AvgIpc) is 2.71. The first kappa shape index (κ1) is 16.6. The van der Waals surface area contributed by atoms with Crippen LogP contribution in [0.3, 0.4) is 0 Å². The second-order valence-electron chi connectivity index (χ2n) is 5.01. The Balaban J connectivity index is 1.80. The highest BCUT2D eigenvalue weighted by Crippen LogP contribution is 2.17. The fraction of sp³-hybridized carbons (Fsp3) is 0.533. The summed E-state index contributed by atoms with van der Waals surface area (Å²) in [6, 6.07) is 7.12. The predicted molar refractivity (Wildman–Crippen MR) is 88.4 cm³/mol. The first-order chi connectivity index (χ1) is 10.2. The lowest BCUT2D eigenvalue weighted by Gasteiger charge is -2.21. The van der Waals surface area contributed by atoms with Crippen LogP contribution in [0.2, 0.25) is 5.02 Å². The number of ether oxygens (including phenoxy) is 1. The van der Waals surface area contributed by atoms with Crippen molar-refractivity contribution in [3.8, 4) is 5.75 Å². The molecule has 116 valence electrons. The number of benzene rings is 1. The Morgan fingerprint density at radius 1 is 1.29 bits per heavy atom. The molecule has 0 N–H and O–H groups in total. The summed E-state index contributed by atoms with van der Waals surface area (Å²) in [4.78, 5) is 16.5. The summed E-state index contributed by atoms with van der Waals surface area (Å²) in [7, 11) is 0. The minimum Gasteiger partial charge on any atom is -0.484 e. The summed E-state index contributed by atoms with van der Waals surface area (Å²) in [5.41, 5.74) is 0. The molecule has 0 radical (unpaired) electrons. The van der Waals surface area contributed by atoms with Crippen molar-refractivity contribution in [1.29, 1.82) is 0 Å². The van der Waals surface area contributed by atoms with Crippen molar-refractivity contribution in [1.82, 2.24) is 9.80 Å². The van der Waals surface area contributed by atoms with E-state index in [4.69, 9.17) is 16.3 Å². The molecule has 0 spiro atoms. The second kappa shape index (κ2) is 8.61. The molecular weight excluding hydrogens is 356 g/mol. The number of carbonyl (C=O) groups is 1. The van der Waals surface area contributed by atoms with Crippen molar-refractivity contribution < 1.29 is 9.53 Å². The lowest BCUT2D eigenvalue weighted by Crippen LogP contribution is -2.38. The fourth-order valence-electron chi connectivity index (χ4n) is 2.36. The molecule has 1 saturated heterocycles. The van der Waals surface area contributed by atoms with Crippen LogP contribution in [0, 0.1) is 0 Å². The maximum absolute atomic E-state index is 12.2. The van der Waals surface area contributed by atoms with E-state index in [-0.39, 0.29) is 12.5 Å². The molecular formula is C15H20BrClN2O2. The first-order valence-electron chi connectivity index (χ1n) is 7.13. The average molecular weight is 376 g/mol. The maximum Gasteiger partial charge on any atom is 0.260 e. The largest absolute Gasteiger partial charge is 0.484 e. The van der Waals surface area contributed by atoms with Gasteiger partial charge < -0.3 is 14.5 Å². The van der Waals surface area contributed by atoms with Gasteiger partial charge in [0.05, 0.1) is 0 Å². The van der Waals surface area contributed by atoms with Gasteiger partial charge in [0.1, 0.15) is 5.75 Å². The third kappa shape index (κ3) is 5.49. The zero-order valence-electron chi connectivity index (χ0n) is 11.9. The van der Waals surface area contributed by atoms with E-state index in [0.717, 1.165) is 44.5 Å². The van der Waals surface area contributed by atoms with Gasteiger partial charge in [0.25, 0.3) is 5.91 Å².